The summed E-state index contributed by atoms with van der Waals surface area (Å²) < 4.78 is -1.69. The van der Waals surface area contributed by atoms with Crippen molar-refractivity contribution in [3.63, 3.8) is 0 Å². The molecule has 0 saturated carbocycles. The zero-order valence-corrected chi connectivity index (χ0v) is 14.7. The van der Waals surface area contributed by atoms with E-state index in [0.717, 1.165) is 11.1 Å². The van der Waals surface area contributed by atoms with Crippen LogP contribution in [0, 0.1) is 6.92 Å². The lowest BCUT2D eigenvalue weighted by Gasteiger charge is -2.26. The minimum atomic E-state index is -1.69. The maximum absolute atomic E-state index is 12.3. The Balaban J connectivity index is 2.04. The first kappa shape index (κ1) is 18.0. The van der Waals surface area contributed by atoms with Crippen LogP contribution < -0.4 is 10.6 Å². The summed E-state index contributed by atoms with van der Waals surface area (Å²) in [6.45, 7) is 2.35. The van der Waals surface area contributed by atoms with Gasteiger partial charge in [-0.2, -0.15) is 0 Å². The molecular weight excluding hydrogens is 357 g/mol. The molecule has 0 bridgehead atoms. The lowest BCUT2D eigenvalue weighted by molar-refractivity contribution is 0.0929. The number of nitrogens with zero attached hydrogens (tertiary/aromatic N) is 1. The first-order chi connectivity index (χ1) is 10.9. The van der Waals surface area contributed by atoms with Crippen molar-refractivity contribution in [2.75, 3.05) is 0 Å². The van der Waals surface area contributed by atoms with E-state index in [1.807, 2.05) is 31.2 Å². The number of carbonyl (C=O) groups is 1. The SMILES string of the molecule is Cc1ccc(C(=O)N[C@H](NCc2cccnc2)C(Cl)(Cl)Cl)cc1. The van der Waals surface area contributed by atoms with Gasteiger partial charge >= 0.3 is 0 Å². The minimum absolute atomic E-state index is 0.319. The standard InChI is InChI=1S/C16H16Cl3N3O/c1-11-4-6-13(7-5-11)14(23)22-15(16(17,18)19)21-10-12-3-2-8-20-9-12/h2-9,15,21H,10H2,1H3,(H,22,23)/t15-/m0/s1. The van der Waals surface area contributed by atoms with Crippen molar-refractivity contribution in [3.8, 4) is 0 Å². The number of nitrogens with one attached hydrogen (secondary N) is 2. The number of rotatable bonds is 5. The van der Waals surface area contributed by atoms with Crippen molar-refractivity contribution in [1.82, 2.24) is 15.6 Å². The zero-order valence-electron chi connectivity index (χ0n) is 12.4. The highest BCUT2D eigenvalue weighted by Crippen LogP contribution is 2.29. The van der Waals surface area contributed by atoms with Crippen LogP contribution >= 0.6 is 34.8 Å². The van der Waals surface area contributed by atoms with Crippen molar-refractivity contribution in [1.29, 1.82) is 0 Å². The van der Waals surface area contributed by atoms with Gasteiger partial charge in [0, 0.05) is 24.5 Å². The van der Waals surface area contributed by atoms with E-state index in [1.54, 1.807) is 24.5 Å². The largest absolute Gasteiger partial charge is 0.333 e. The summed E-state index contributed by atoms with van der Waals surface area (Å²) >= 11 is 17.9. The molecule has 0 radical (unpaired) electrons. The first-order valence-corrected chi connectivity index (χ1v) is 8.06. The van der Waals surface area contributed by atoms with E-state index in [4.69, 9.17) is 34.8 Å². The number of aryl methyl sites for hydroxylation is 1. The molecule has 7 heteroatoms. The van der Waals surface area contributed by atoms with Crippen molar-refractivity contribution >= 4 is 40.7 Å². The number of hydrogen-bond donors (Lipinski definition) is 2. The Morgan fingerprint density at radius 3 is 2.48 bits per heavy atom. The molecule has 0 unspecified atom stereocenters. The van der Waals surface area contributed by atoms with Crippen LogP contribution in [0.3, 0.4) is 0 Å². The lowest BCUT2D eigenvalue weighted by atomic mass is 10.1. The third-order valence-corrected chi connectivity index (χ3v) is 3.80. The minimum Gasteiger partial charge on any atom is -0.333 e. The molecule has 2 rings (SSSR count). The van der Waals surface area contributed by atoms with E-state index in [2.05, 4.69) is 15.6 Å². The van der Waals surface area contributed by atoms with Gasteiger partial charge in [-0.15, -0.1) is 0 Å². The van der Waals surface area contributed by atoms with Crippen LogP contribution in [-0.4, -0.2) is 20.8 Å². The topological polar surface area (TPSA) is 54.0 Å². The van der Waals surface area contributed by atoms with E-state index in [-0.39, 0.29) is 5.91 Å². The first-order valence-electron chi connectivity index (χ1n) is 6.93. The van der Waals surface area contributed by atoms with Crippen molar-refractivity contribution in [3.05, 3.63) is 65.5 Å². The fourth-order valence-electron chi connectivity index (χ4n) is 1.89. The smallest absolute Gasteiger partial charge is 0.252 e. The molecule has 0 spiro atoms. The summed E-state index contributed by atoms with van der Waals surface area (Å²) in [4.78, 5) is 16.3. The van der Waals surface area contributed by atoms with E-state index < -0.39 is 9.96 Å². The number of pyridine rings is 1. The van der Waals surface area contributed by atoms with E-state index >= 15 is 0 Å². The third kappa shape index (κ3) is 5.66. The van der Waals surface area contributed by atoms with Crippen LogP contribution in [0.1, 0.15) is 21.5 Å². The second-order valence-corrected chi connectivity index (χ2v) is 7.43. The normalized spacial score (nSPS) is 12.7. The second kappa shape index (κ2) is 7.97. The highest BCUT2D eigenvalue weighted by Gasteiger charge is 2.33. The van der Waals surface area contributed by atoms with Gasteiger partial charge in [0.25, 0.3) is 5.91 Å². The molecule has 2 N–H and O–H groups in total. The number of amides is 1. The summed E-state index contributed by atoms with van der Waals surface area (Å²) in [5.74, 6) is -0.319. The average molecular weight is 373 g/mol. The molecule has 1 atom stereocenters. The monoisotopic (exact) mass is 371 g/mol. The van der Waals surface area contributed by atoms with Gasteiger partial charge in [0.15, 0.2) is 0 Å². The lowest BCUT2D eigenvalue weighted by Crippen LogP contribution is -2.53. The van der Waals surface area contributed by atoms with Gasteiger partial charge in [-0.1, -0.05) is 58.6 Å². The van der Waals surface area contributed by atoms with Gasteiger partial charge in [0.2, 0.25) is 3.79 Å². The van der Waals surface area contributed by atoms with Crippen molar-refractivity contribution < 1.29 is 4.79 Å². The highest BCUT2D eigenvalue weighted by molar-refractivity contribution is 6.68. The van der Waals surface area contributed by atoms with E-state index in [9.17, 15) is 4.79 Å². The van der Waals surface area contributed by atoms with E-state index in [1.165, 1.54) is 0 Å². The van der Waals surface area contributed by atoms with Crippen LogP contribution in [0.2, 0.25) is 0 Å². The molecule has 1 aromatic heterocycles. The summed E-state index contributed by atoms with van der Waals surface area (Å²) in [5, 5.41) is 5.72. The molecule has 0 fully saturated rings. The highest BCUT2D eigenvalue weighted by atomic mass is 35.6. The number of hydrogen-bond acceptors (Lipinski definition) is 3. The average Bonchev–Trinajstić information content (AvgIpc) is 2.51. The Bertz CT molecular complexity index is 642. The molecule has 4 nitrogen and oxygen atoms in total. The molecule has 1 amide bonds. The van der Waals surface area contributed by atoms with Gasteiger partial charge in [-0.25, -0.2) is 0 Å². The van der Waals surface area contributed by atoms with Crippen molar-refractivity contribution in [2.24, 2.45) is 0 Å². The van der Waals surface area contributed by atoms with E-state index in [0.29, 0.717) is 12.1 Å². The molecule has 0 aliphatic heterocycles. The Morgan fingerprint density at radius 1 is 1.22 bits per heavy atom. The summed E-state index contributed by atoms with van der Waals surface area (Å²) in [7, 11) is 0. The van der Waals surface area contributed by atoms with Crippen LogP contribution in [0.25, 0.3) is 0 Å². The predicted octanol–water partition coefficient (Wildman–Crippen LogP) is 3.61. The summed E-state index contributed by atoms with van der Waals surface area (Å²) in [6.07, 6.45) is 2.53. The second-order valence-electron chi connectivity index (χ2n) is 5.06. The Kier molecular flexibility index (Phi) is 6.25. The van der Waals surface area contributed by atoms with Gasteiger partial charge in [-0.3, -0.25) is 15.1 Å². The predicted molar refractivity (Wildman–Crippen MR) is 93.8 cm³/mol. The van der Waals surface area contributed by atoms with Crippen molar-refractivity contribution in [2.45, 2.75) is 23.4 Å². The Hall–Kier alpha value is -1.33. The number of benzene rings is 1. The van der Waals surface area contributed by atoms with Gasteiger partial charge in [0.05, 0.1) is 0 Å². The zero-order chi connectivity index (χ0) is 16.9. The van der Waals surface area contributed by atoms with Gasteiger partial charge < -0.3 is 5.32 Å². The Morgan fingerprint density at radius 2 is 1.91 bits per heavy atom. The quantitative estimate of drug-likeness (QED) is 0.623. The maximum atomic E-state index is 12.3. The van der Waals surface area contributed by atoms with Crippen LogP contribution in [0.15, 0.2) is 48.8 Å². The summed E-state index contributed by atoms with van der Waals surface area (Å²) in [6, 6.07) is 10.8. The van der Waals surface area contributed by atoms with Crippen LogP contribution in [0.5, 0.6) is 0 Å². The van der Waals surface area contributed by atoms with Gasteiger partial charge in [-0.05, 0) is 30.7 Å². The number of alkyl halides is 3. The molecule has 0 aliphatic carbocycles. The number of halogens is 3. The molecule has 23 heavy (non-hydrogen) atoms. The summed E-state index contributed by atoms with van der Waals surface area (Å²) in [5.41, 5.74) is 2.48. The van der Waals surface area contributed by atoms with Gasteiger partial charge in [0.1, 0.15) is 6.17 Å². The fourth-order valence-corrected chi connectivity index (χ4v) is 2.29. The Labute approximate surface area is 150 Å². The fraction of sp³-hybridized carbons (Fsp3) is 0.250. The third-order valence-electron chi connectivity index (χ3n) is 3.15. The molecule has 1 heterocycles. The van der Waals surface area contributed by atoms with Crippen LogP contribution in [0.4, 0.5) is 0 Å². The molecule has 1 aromatic carbocycles. The molecule has 2 aromatic rings. The molecule has 122 valence electrons. The molecule has 0 aliphatic rings. The van der Waals surface area contributed by atoms with Crippen LogP contribution in [-0.2, 0) is 6.54 Å². The number of aromatic nitrogens is 1. The maximum Gasteiger partial charge on any atom is 0.252 e. The molecule has 0 saturated heterocycles. The number of carbonyl (C=O) groups excluding carboxylic acids is 1. The molecular formula is C16H16Cl3N3O.